The van der Waals surface area contributed by atoms with E-state index < -0.39 is 17.6 Å². The molecule has 4 N–H and O–H groups in total. The Morgan fingerprint density at radius 1 is 1.31 bits per heavy atom. The second kappa shape index (κ2) is 10.2. The van der Waals surface area contributed by atoms with Gasteiger partial charge in [-0.15, -0.1) is 0 Å². The summed E-state index contributed by atoms with van der Waals surface area (Å²) < 4.78 is 4.67. The van der Waals surface area contributed by atoms with Crippen molar-refractivity contribution in [1.82, 2.24) is 5.32 Å². The van der Waals surface area contributed by atoms with E-state index in [-0.39, 0.29) is 17.7 Å². The number of nitrogens with two attached hydrogens (primary N) is 1. The lowest BCUT2D eigenvalue weighted by Crippen LogP contribution is -2.56. The van der Waals surface area contributed by atoms with Crippen molar-refractivity contribution in [2.45, 2.75) is 64.5 Å². The standard InChI is InChI=1S/C23H36N2O4/c1-15(2)19-9-8-16(3)14-23(19,28)22(27)25-11-10-17-6-5-7-18(12-17)13-20(24)21(26)29-4/h5-7,12,15-16,19-20,28H,8-11,13-14,24H2,1-4H3,(H,25,27)/t16-,19+,20+,23+/m1/s1. The molecule has 1 amide bonds. The third-order valence-corrected chi connectivity index (χ3v) is 6.09. The molecule has 162 valence electrons. The number of hydrogen-bond acceptors (Lipinski definition) is 5. The molecule has 0 spiro atoms. The number of aliphatic hydroxyl groups is 1. The number of ether oxygens (including phenoxy) is 1. The first-order valence-electron chi connectivity index (χ1n) is 10.6. The Morgan fingerprint density at radius 3 is 2.66 bits per heavy atom. The van der Waals surface area contributed by atoms with Gasteiger partial charge in [-0.1, -0.05) is 51.5 Å². The zero-order valence-corrected chi connectivity index (χ0v) is 18.1. The van der Waals surface area contributed by atoms with Crippen molar-refractivity contribution in [1.29, 1.82) is 0 Å². The Morgan fingerprint density at radius 2 is 2.00 bits per heavy atom. The minimum absolute atomic E-state index is 0.0122. The summed E-state index contributed by atoms with van der Waals surface area (Å²) in [5.41, 5.74) is 6.54. The van der Waals surface area contributed by atoms with Gasteiger partial charge in [-0.05, 0) is 54.6 Å². The van der Waals surface area contributed by atoms with Crippen molar-refractivity contribution in [3.8, 4) is 0 Å². The highest BCUT2D eigenvalue weighted by Crippen LogP contribution is 2.41. The number of methoxy groups -OCH3 is 1. The van der Waals surface area contributed by atoms with Crippen LogP contribution < -0.4 is 11.1 Å². The van der Waals surface area contributed by atoms with Gasteiger partial charge in [-0.3, -0.25) is 9.59 Å². The average Bonchev–Trinajstić information content (AvgIpc) is 2.67. The first-order chi connectivity index (χ1) is 13.7. The van der Waals surface area contributed by atoms with Crippen LogP contribution in [0.25, 0.3) is 0 Å². The maximum absolute atomic E-state index is 12.9. The van der Waals surface area contributed by atoms with Crippen LogP contribution in [0.4, 0.5) is 0 Å². The van der Waals surface area contributed by atoms with Gasteiger partial charge in [0, 0.05) is 6.54 Å². The molecular formula is C23H36N2O4. The van der Waals surface area contributed by atoms with Crippen molar-refractivity contribution in [3.05, 3.63) is 35.4 Å². The van der Waals surface area contributed by atoms with Crippen molar-refractivity contribution in [2.24, 2.45) is 23.5 Å². The van der Waals surface area contributed by atoms with Gasteiger partial charge in [0.2, 0.25) is 0 Å². The average molecular weight is 405 g/mol. The lowest BCUT2D eigenvalue weighted by molar-refractivity contribution is -0.155. The highest BCUT2D eigenvalue weighted by atomic mass is 16.5. The zero-order valence-electron chi connectivity index (χ0n) is 18.1. The fourth-order valence-electron chi connectivity index (χ4n) is 4.51. The van der Waals surface area contributed by atoms with Gasteiger partial charge in [-0.2, -0.15) is 0 Å². The van der Waals surface area contributed by atoms with Crippen molar-refractivity contribution in [2.75, 3.05) is 13.7 Å². The van der Waals surface area contributed by atoms with Crippen LogP contribution in [-0.4, -0.2) is 42.3 Å². The Balaban J connectivity index is 1.94. The van der Waals surface area contributed by atoms with Crippen molar-refractivity contribution >= 4 is 11.9 Å². The molecule has 4 atom stereocenters. The first kappa shape index (κ1) is 23.4. The number of amides is 1. The molecule has 0 heterocycles. The van der Waals surface area contributed by atoms with Crippen LogP contribution in [-0.2, 0) is 27.2 Å². The molecule has 0 saturated heterocycles. The summed E-state index contributed by atoms with van der Waals surface area (Å²) in [6.45, 7) is 6.69. The van der Waals surface area contributed by atoms with E-state index in [9.17, 15) is 14.7 Å². The van der Waals surface area contributed by atoms with Crippen molar-refractivity contribution in [3.63, 3.8) is 0 Å². The minimum Gasteiger partial charge on any atom is -0.468 e. The fraction of sp³-hybridized carbons (Fsp3) is 0.652. The third kappa shape index (κ3) is 6.03. The number of hydrogen-bond donors (Lipinski definition) is 3. The molecule has 0 unspecified atom stereocenters. The molecule has 1 aliphatic carbocycles. The Labute approximate surface area is 174 Å². The molecule has 0 aliphatic heterocycles. The number of rotatable bonds is 8. The first-order valence-corrected chi connectivity index (χ1v) is 10.6. The second-order valence-corrected chi connectivity index (χ2v) is 8.82. The molecule has 0 radical (unpaired) electrons. The largest absolute Gasteiger partial charge is 0.468 e. The van der Waals surface area contributed by atoms with Crippen LogP contribution in [0.15, 0.2) is 24.3 Å². The number of nitrogens with one attached hydrogen (secondary N) is 1. The zero-order chi connectivity index (χ0) is 21.6. The van der Waals surface area contributed by atoms with Gasteiger partial charge < -0.3 is 20.9 Å². The predicted octanol–water partition coefficient (Wildman–Crippen LogP) is 2.21. The third-order valence-electron chi connectivity index (χ3n) is 6.09. The SMILES string of the molecule is COC(=O)[C@@H](N)Cc1cccc(CCNC(=O)[C@]2(O)C[C@H](C)CC[C@H]2C(C)C)c1. The predicted molar refractivity (Wildman–Crippen MR) is 113 cm³/mol. The molecule has 2 rings (SSSR count). The van der Waals surface area contributed by atoms with Gasteiger partial charge in [0.25, 0.3) is 5.91 Å². The van der Waals surface area contributed by atoms with Crippen molar-refractivity contribution < 1.29 is 19.4 Å². The Bertz CT molecular complexity index is 706. The van der Waals surface area contributed by atoms with E-state index in [2.05, 4.69) is 30.8 Å². The van der Waals surface area contributed by atoms with Gasteiger partial charge in [-0.25, -0.2) is 0 Å². The monoisotopic (exact) mass is 404 g/mol. The quantitative estimate of drug-likeness (QED) is 0.577. The van der Waals surface area contributed by atoms with Gasteiger partial charge in [0.15, 0.2) is 0 Å². The number of benzene rings is 1. The molecule has 0 bridgehead atoms. The summed E-state index contributed by atoms with van der Waals surface area (Å²) in [7, 11) is 1.33. The number of carbonyl (C=O) groups is 2. The van der Waals surface area contributed by atoms with E-state index in [4.69, 9.17) is 5.73 Å². The topological polar surface area (TPSA) is 102 Å². The molecule has 1 fully saturated rings. The summed E-state index contributed by atoms with van der Waals surface area (Å²) in [5.74, 6) is -0.101. The fourth-order valence-corrected chi connectivity index (χ4v) is 4.51. The molecule has 1 aromatic rings. The van der Waals surface area contributed by atoms with Crippen LogP contribution in [0.1, 0.15) is 51.2 Å². The molecule has 29 heavy (non-hydrogen) atoms. The van der Waals surface area contributed by atoms with E-state index in [1.54, 1.807) is 0 Å². The Kier molecular flexibility index (Phi) is 8.23. The summed E-state index contributed by atoms with van der Waals surface area (Å²) >= 11 is 0. The van der Waals surface area contributed by atoms with E-state index in [0.29, 0.717) is 31.7 Å². The molecule has 6 nitrogen and oxygen atoms in total. The molecule has 6 heteroatoms. The highest BCUT2D eigenvalue weighted by Gasteiger charge is 2.48. The van der Waals surface area contributed by atoms with Crippen LogP contribution in [0.2, 0.25) is 0 Å². The number of carbonyl (C=O) groups excluding carboxylic acids is 2. The number of esters is 1. The van der Waals surface area contributed by atoms with E-state index >= 15 is 0 Å². The second-order valence-electron chi connectivity index (χ2n) is 8.82. The van der Waals surface area contributed by atoms with Crippen LogP contribution >= 0.6 is 0 Å². The summed E-state index contributed by atoms with van der Waals surface area (Å²) in [6.07, 6.45) is 3.50. The van der Waals surface area contributed by atoms with Crippen LogP contribution in [0, 0.1) is 17.8 Å². The summed E-state index contributed by atoms with van der Waals surface area (Å²) in [4.78, 5) is 24.4. The normalized spacial score (nSPS) is 25.5. The lowest BCUT2D eigenvalue weighted by atomic mass is 9.66. The molecule has 1 aliphatic rings. The summed E-state index contributed by atoms with van der Waals surface area (Å²) in [5, 5.41) is 14.1. The molecular weight excluding hydrogens is 368 g/mol. The molecule has 1 saturated carbocycles. The molecule has 0 aromatic heterocycles. The smallest absolute Gasteiger partial charge is 0.322 e. The van der Waals surface area contributed by atoms with E-state index in [0.717, 1.165) is 24.0 Å². The Hall–Kier alpha value is -1.92. The van der Waals surface area contributed by atoms with Crippen LogP contribution in [0.3, 0.4) is 0 Å². The highest BCUT2D eigenvalue weighted by molar-refractivity contribution is 5.85. The van der Waals surface area contributed by atoms with Gasteiger partial charge >= 0.3 is 5.97 Å². The van der Waals surface area contributed by atoms with Gasteiger partial charge in [0.05, 0.1) is 7.11 Å². The summed E-state index contributed by atoms with van der Waals surface area (Å²) in [6, 6.07) is 7.12. The van der Waals surface area contributed by atoms with Crippen LogP contribution in [0.5, 0.6) is 0 Å². The maximum Gasteiger partial charge on any atom is 0.322 e. The lowest BCUT2D eigenvalue weighted by Gasteiger charge is -2.43. The molecule has 1 aromatic carbocycles. The van der Waals surface area contributed by atoms with E-state index in [1.165, 1.54) is 7.11 Å². The van der Waals surface area contributed by atoms with E-state index in [1.807, 2.05) is 24.3 Å². The maximum atomic E-state index is 12.9. The van der Waals surface area contributed by atoms with Gasteiger partial charge in [0.1, 0.15) is 11.6 Å². The minimum atomic E-state index is -1.29.